The fraction of sp³-hybridized carbons (Fsp3) is 0.700. The molecule has 0 aliphatic carbocycles. The minimum absolute atomic E-state index is 0.479. The van der Waals surface area contributed by atoms with E-state index in [1.807, 2.05) is 0 Å². The first-order chi connectivity index (χ1) is 7.47. The molecule has 0 bridgehead atoms. The Morgan fingerprint density at radius 1 is 1.47 bits per heavy atom. The van der Waals surface area contributed by atoms with Crippen LogP contribution in [0, 0.1) is 0 Å². The van der Waals surface area contributed by atoms with Gasteiger partial charge in [0, 0.05) is 0 Å². The molecule has 17 heavy (non-hydrogen) atoms. The number of carbonyl (C=O) groups is 1. The van der Waals surface area contributed by atoms with Crippen molar-refractivity contribution in [2.45, 2.75) is 44.9 Å². The number of sulfonamides is 1. The van der Waals surface area contributed by atoms with Crippen molar-refractivity contribution in [1.82, 2.24) is 4.72 Å². The third-order valence-corrected chi connectivity index (χ3v) is 4.30. The number of hydrogen-bond acceptors (Lipinski definition) is 3. The van der Waals surface area contributed by atoms with Crippen LogP contribution >= 0.6 is 0 Å². The molecule has 100 valence electrons. The second kappa shape index (κ2) is 5.59. The van der Waals surface area contributed by atoms with E-state index in [9.17, 15) is 17.6 Å². The predicted octanol–water partition coefficient (Wildman–Crippen LogP) is 1.42. The van der Waals surface area contributed by atoms with Crippen LogP contribution in [0.1, 0.15) is 34.1 Å². The highest BCUT2D eigenvalue weighted by Gasteiger charge is 2.30. The first-order valence-corrected chi connectivity index (χ1v) is 6.55. The summed E-state index contributed by atoms with van der Waals surface area (Å²) in [5.41, 5.74) is 0. The molecule has 0 saturated carbocycles. The fourth-order valence-corrected chi connectivity index (χ4v) is 1.76. The summed E-state index contributed by atoms with van der Waals surface area (Å²) in [6.07, 6.45) is 0.367. The SMILES string of the molecule is C[C@@H](NS(=O)(=O)C(C)(C)C)/C(F)=C\CC(=O)O. The monoisotopic (exact) mass is 267 g/mol. The van der Waals surface area contributed by atoms with Gasteiger partial charge in [0.15, 0.2) is 0 Å². The van der Waals surface area contributed by atoms with Gasteiger partial charge in [-0.1, -0.05) is 0 Å². The maximum Gasteiger partial charge on any atom is 0.307 e. The number of aliphatic carboxylic acids is 1. The van der Waals surface area contributed by atoms with Crippen molar-refractivity contribution in [2.24, 2.45) is 0 Å². The van der Waals surface area contributed by atoms with Crippen LogP contribution in [0.3, 0.4) is 0 Å². The molecule has 0 rings (SSSR count). The van der Waals surface area contributed by atoms with E-state index in [1.165, 1.54) is 27.7 Å². The molecule has 0 fully saturated rings. The van der Waals surface area contributed by atoms with Gasteiger partial charge in [-0.3, -0.25) is 4.79 Å². The molecule has 7 heteroatoms. The van der Waals surface area contributed by atoms with E-state index in [2.05, 4.69) is 4.72 Å². The van der Waals surface area contributed by atoms with Crippen LogP contribution in [0.15, 0.2) is 11.9 Å². The van der Waals surface area contributed by atoms with Gasteiger partial charge in [0.25, 0.3) is 0 Å². The zero-order valence-electron chi connectivity index (χ0n) is 10.3. The van der Waals surface area contributed by atoms with Crippen molar-refractivity contribution in [3.8, 4) is 0 Å². The van der Waals surface area contributed by atoms with Crippen molar-refractivity contribution in [3.05, 3.63) is 11.9 Å². The summed E-state index contributed by atoms with van der Waals surface area (Å²) in [7, 11) is -3.66. The lowest BCUT2D eigenvalue weighted by molar-refractivity contribution is -0.136. The predicted molar refractivity (Wildman–Crippen MR) is 62.7 cm³/mol. The average Bonchev–Trinajstić information content (AvgIpc) is 2.11. The van der Waals surface area contributed by atoms with Gasteiger partial charge < -0.3 is 5.11 Å². The molecule has 5 nitrogen and oxygen atoms in total. The Morgan fingerprint density at radius 2 is 1.94 bits per heavy atom. The molecule has 0 unspecified atom stereocenters. The molecule has 0 amide bonds. The van der Waals surface area contributed by atoms with Gasteiger partial charge in [0.2, 0.25) is 10.0 Å². The molecular formula is C10H18FNO4S. The van der Waals surface area contributed by atoms with Crippen LogP contribution in [-0.2, 0) is 14.8 Å². The van der Waals surface area contributed by atoms with E-state index in [0.29, 0.717) is 0 Å². The fourth-order valence-electron chi connectivity index (χ4n) is 0.827. The lowest BCUT2D eigenvalue weighted by Crippen LogP contribution is -2.43. The van der Waals surface area contributed by atoms with E-state index in [-0.39, 0.29) is 0 Å². The van der Waals surface area contributed by atoms with Crippen LogP contribution in [0.4, 0.5) is 4.39 Å². The standard InChI is InChI=1S/C10H18FNO4S/c1-7(8(11)5-6-9(13)14)12-17(15,16)10(2,3)4/h5,7,12H,6H2,1-4H3,(H,13,14)/b8-5+/t7-/m1/s1. The number of rotatable bonds is 5. The third kappa shape index (κ3) is 5.27. The first kappa shape index (κ1) is 16.1. The zero-order valence-corrected chi connectivity index (χ0v) is 11.1. The normalized spacial score (nSPS) is 15.7. The van der Waals surface area contributed by atoms with Gasteiger partial charge in [-0.25, -0.2) is 17.5 Å². The van der Waals surface area contributed by atoms with Crippen molar-refractivity contribution in [3.63, 3.8) is 0 Å². The molecule has 0 aliphatic heterocycles. The van der Waals surface area contributed by atoms with Crippen LogP contribution < -0.4 is 4.72 Å². The second-order valence-electron chi connectivity index (χ2n) is 4.64. The number of halogens is 1. The van der Waals surface area contributed by atoms with Gasteiger partial charge in [0.05, 0.1) is 17.2 Å². The summed E-state index contributed by atoms with van der Waals surface area (Å²) in [5.74, 6) is -1.98. The van der Waals surface area contributed by atoms with Crippen molar-refractivity contribution >= 4 is 16.0 Å². The largest absolute Gasteiger partial charge is 0.481 e. The Morgan fingerprint density at radius 3 is 2.29 bits per heavy atom. The first-order valence-electron chi connectivity index (χ1n) is 5.06. The molecule has 0 aromatic rings. The van der Waals surface area contributed by atoms with Gasteiger partial charge in [-0.05, 0) is 33.8 Å². The molecule has 0 aromatic carbocycles. The highest BCUT2D eigenvalue weighted by atomic mass is 32.2. The highest BCUT2D eigenvalue weighted by Crippen LogP contribution is 2.16. The molecule has 0 saturated heterocycles. The number of nitrogens with one attached hydrogen (secondary N) is 1. The van der Waals surface area contributed by atoms with Gasteiger partial charge in [-0.2, -0.15) is 0 Å². The Labute approximate surface area is 101 Å². The lowest BCUT2D eigenvalue weighted by Gasteiger charge is -2.22. The summed E-state index contributed by atoms with van der Waals surface area (Å²) in [4.78, 5) is 10.2. The molecular weight excluding hydrogens is 249 g/mol. The Balaban J connectivity index is 4.72. The van der Waals surface area contributed by atoms with Crippen molar-refractivity contribution in [1.29, 1.82) is 0 Å². The Kier molecular flexibility index (Phi) is 5.28. The van der Waals surface area contributed by atoms with Crippen LogP contribution in [0.5, 0.6) is 0 Å². The lowest BCUT2D eigenvalue weighted by atomic mass is 10.2. The van der Waals surface area contributed by atoms with E-state index < -0.39 is 39.0 Å². The van der Waals surface area contributed by atoms with E-state index in [0.717, 1.165) is 6.08 Å². The smallest absolute Gasteiger partial charge is 0.307 e. The molecule has 0 spiro atoms. The summed E-state index contributed by atoms with van der Waals surface area (Å²) in [6.45, 7) is 5.78. The maximum absolute atomic E-state index is 13.3. The van der Waals surface area contributed by atoms with Crippen molar-refractivity contribution < 1.29 is 22.7 Å². The minimum atomic E-state index is -3.66. The second-order valence-corrected chi connectivity index (χ2v) is 7.11. The molecule has 0 aromatic heterocycles. The highest BCUT2D eigenvalue weighted by molar-refractivity contribution is 7.90. The Hall–Kier alpha value is -0.950. The topological polar surface area (TPSA) is 83.5 Å². The summed E-state index contributed by atoms with van der Waals surface area (Å²) in [6, 6.07) is -1.07. The Bertz CT molecular complexity index is 409. The van der Waals surface area contributed by atoms with E-state index in [1.54, 1.807) is 0 Å². The quantitative estimate of drug-likeness (QED) is 0.789. The summed E-state index contributed by atoms with van der Waals surface area (Å²) >= 11 is 0. The van der Waals surface area contributed by atoms with E-state index in [4.69, 9.17) is 5.11 Å². The number of carboxylic acids is 1. The third-order valence-electron chi connectivity index (χ3n) is 2.02. The number of carboxylic acid groups (broad SMARTS) is 1. The summed E-state index contributed by atoms with van der Waals surface area (Å²) in [5, 5.41) is 8.36. The molecule has 0 radical (unpaired) electrons. The number of hydrogen-bond donors (Lipinski definition) is 2. The van der Waals surface area contributed by atoms with Gasteiger partial charge >= 0.3 is 5.97 Å². The molecule has 1 atom stereocenters. The average molecular weight is 267 g/mol. The van der Waals surface area contributed by atoms with Crippen LogP contribution in [0.25, 0.3) is 0 Å². The maximum atomic E-state index is 13.3. The van der Waals surface area contributed by atoms with Gasteiger partial charge in [0.1, 0.15) is 5.83 Å². The summed E-state index contributed by atoms with van der Waals surface area (Å²) < 4.78 is 37.8. The minimum Gasteiger partial charge on any atom is -0.481 e. The zero-order chi connectivity index (χ0) is 13.9. The van der Waals surface area contributed by atoms with Crippen LogP contribution in [0.2, 0.25) is 0 Å². The molecule has 0 aliphatic rings. The van der Waals surface area contributed by atoms with E-state index >= 15 is 0 Å². The van der Waals surface area contributed by atoms with Crippen LogP contribution in [-0.4, -0.2) is 30.3 Å². The molecule has 0 heterocycles. The van der Waals surface area contributed by atoms with Gasteiger partial charge in [-0.15, -0.1) is 0 Å². The van der Waals surface area contributed by atoms with Crippen molar-refractivity contribution in [2.75, 3.05) is 0 Å². The molecule has 2 N–H and O–H groups in total.